The summed E-state index contributed by atoms with van der Waals surface area (Å²) < 4.78 is 5.54. The molecule has 2 rings (SSSR count). The predicted octanol–water partition coefficient (Wildman–Crippen LogP) is 1.75. The maximum absolute atomic E-state index is 11.9. The molecule has 88 valence electrons. The number of thiazole rings is 1. The standard InChI is InChI=1S/C11H16N2O2S/c1-7(9-4-3-5-15-9)13-11(14)10-8(2)12-6-16-10/h6-7,9H,3-5H2,1-2H3,(H,13,14)/t7-,9-/m0/s1. The maximum Gasteiger partial charge on any atom is 0.263 e. The molecular weight excluding hydrogens is 224 g/mol. The van der Waals surface area contributed by atoms with Gasteiger partial charge in [0.05, 0.1) is 23.4 Å². The van der Waals surface area contributed by atoms with Crippen LogP contribution in [0.4, 0.5) is 0 Å². The number of hydrogen-bond donors (Lipinski definition) is 1. The molecule has 0 saturated carbocycles. The van der Waals surface area contributed by atoms with Gasteiger partial charge in [0.1, 0.15) is 4.88 Å². The Kier molecular flexibility index (Phi) is 3.56. The Morgan fingerprint density at radius 3 is 3.12 bits per heavy atom. The number of carbonyl (C=O) groups excluding carboxylic acids is 1. The van der Waals surface area contributed by atoms with Gasteiger partial charge in [-0.1, -0.05) is 0 Å². The van der Waals surface area contributed by atoms with Crippen LogP contribution in [0.25, 0.3) is 0 Å². The van der Waals surface area contributed by atoms with Gasteiger partial charge in [-0.05, 0) is 26.7 Å². The Balaban J connectivity index is 1.94. The summed E-state index contributed by atoms with van der Waals surface area (Å²) in [5.74, 6) is -0.0389. The molecule has 1 aliphatic rings. The molecule has 2 atom stereocenters. The highest BCUT2D eigenvalue weighted by atomic mass is 32.1. The quantitative estimate of drug-likeness (QED) is 0.875. The van der Waals surface area contributed by atoms with E-state index in [9.17, 15) is 4.79 Å². The minimum atomic E-state index is -0.0389. The van der Waals surface area contributed by atoms with Crippen molar-refractivity contribution in [2.45, 2.75) is 38.8 Å². The fraction of sp³-hybridized carbons (Fsp3) is 0.636. The van der Waals surface area contributed by atoms with Crippen LogP contribution in [0.1, 0.15) is 35.1 Å². The molecule has 0 radical (unpaired) electrons. The van der Waals surface area contributed by atoms with E-state index in [0.717, 1.165) is 25.1 Å². The Morgan fingerprint density at radius 2 is 2.56 bits per heavy atom. The summed E-state index contributed by atoms with van der Waals surface area (Å²) >= 11 is 1.38. The Hall–Kier alpha value is -0.940. The molecule has 1 aliphatic heterocycles. The zero-order chi connectivity index (χ0) is 11.5. The lowest BCUT2D eigenvalue weighted by molar-refractivity contribution is 0.0714. The number of aryl methyl sites for hydroxylation is 1. The number of carbonyl (C=O) groups is 1. The smallest absolute Gasteiger partial charge is 0.263 e. The SMILES string of the molecule is Cc1ncsc1C(=O)N[C@@H](C)[C@@H]1CCCO1. The summed E-state index contributed by atoms with van der Waals surface area (Å²) in [5.41, 5.74) is 2.49. The van der Waals surface area contributed by atoms with E-state index in [1.165, 1.54) is 11.3 Å². The summed E-state index contributed by atoms with van der Waals surface area (Å²) in [5, 5.41) is 2.97. The first kappa shape index (κ1) is 11.5. The number of aromatic nitrogens is 1. The van der Waals surface area contributed by atoms with E-state index in [2.05, 4.69) is 10.3 Å². The number of hydrogen-bond acceptors (Lipinski definition) is 4. The molecule has 1 aromatic heterocycles. The second-order valence-corrected chi connectivity index (χ2v) is 4.94. The van der Waals surface area contributed by atoms with Gasteiger partial charge in [-0.15, -0.1) is 11.3 Å². The summed E-state index contributed by atoms with van der Waals surface area (Å²) in [6.07, 6.45) is 2.28. The van der Waals surface area contributed by atoms with Crippen molar-refractivity contribution in [1.82, 2.24) is 10.3 Å². The van der Waals surface area contributed by atoms with Crippen molar-refractivity contribution in [3.05, 3.63) is 16.1 Å². The average Bonchev–Trinajstić information content (AvgIpc) is 2.86. The minimum Gasteiger partial charge on any atom is -0.376 e. The summed E-state index contributed by atoms with van der Waals surface area (Å²) in [7, 11) is 0. The molecule has 1 amide bonds. The average molecular weight is 240 g/mol. The molecule has 0 spiro atoms. The molecule has 1 saturated heterocycles. The van der Waals surface area contributed by atoms with Gasteiger partial charge < -0.3 is 10.1 Å². The van der Waals surface area contributed by atoms with E-state index in [4.69, 9.17) is 4.74 Å². The van der Waals surface area contributed by atoms with Gasteiger partial charge in [0.25, 0.3) is 5.91 Å². The third-order valence-corrected chi connectivity index (χ3v) is 3.76. The van der Waals surface area contributed by atoms with Crippen LogP contribution in [-0.2, 0) is 4.74 Å². The fourth-order valence-electron chi connectivity index (χ4n) is 1.88. The van der Waals surface area contributed by atoms with Crippen LogP contribution in [0.15, 0.2) is 5.51 Å². The Bertz CT molecular complexity index is 372. The lowest BCUT2D eigenvalue weighted by Crippen LogP contribution is -2.40. The molecule has 1 aromatic rings. The molecule has 1 N–H and O–H groups in total. The van der Waals surface area contributed by atoms with Crippen molar-refractivity contribution >= 4 is 17.2 Å². The van der Waals surface area contributed by atoms with Crippen molar-refractivity contribution in [3.8, 4) is 0 Å². The second kappa shape index (κ2) is 4.93. The largest absolute Gasteiger partial charge is 0.376 e. The summed E-state index contributed by atoms with van der Waals surface area (Å²) in [4.78, 5) is 16.7. The molecule has 16 heavy (non-hydrogen) atoms. The van der Waals surface area contributed by atoms with Gasteiger partial charge in [0.2, 0.25) is 0 Å². The van der Waals surface area contributed by atoms with Crippen molar-refractivity contribution in [2.24, 2.45) is 0 Å². The lowest BCUT2D eigenvalue weighted by atomic mass is 10.1. The number of ether oxygens (including phenoxy) is 1. The molecule has 0 aliphatic carbocycles. The summed E-state index contributed by atoms with van der Waals surface area (Å²) in [6.45, 7) is 4.65. The molecule has 0 aromatic carbocycles. The fourth-order valence-corrected chi connectivity index (χ4v) is 2.59. The van der Waals surface area contributed by atoms with E-state index < -0.39 is 0 Å². The van der Waals surface area contributed by atoms with Gasteiger partial charge in [-0.3, -0.25) is 4.79 Å². The number of nitrogens with one attached hydrogen (secondary N) is 1. The van der Waals surface area contributed by atoms with Crippen molar-refractivity contribution in [2.75, 3.05) is 6.61 Å². The van der Waals surface area contributed by atoms with Crippen LogP contribution in [0, 0.1) is 6.92 Å². The van der Waals surface area contributed by atoms with E-state index in [0.29, 0.717) is 4.88 Å². The molecule has 0 unspecified atom stereocenters. The first-order valence-electron chi connectivity index (χ1n) is 5.51. The zero-order valence-electron chi connectivity index (χ0n) is 9.53. The number of nitrogens with zero attached hydrogens (tertiary/aromatic N) is 1. The van der Waals surface area contributed by atoms with Crippen LogP contribution in [0.5, 0.6) is 0 Å². The molecule has 5 heteroatoms. The van der Waals surface area contributed by atoms with E-state index >= 15 is 0 Å². The van der Waals surface area contributed by atoms with Crippen LogP contribution in [0.3, 0.4) is 0 Å². The zero-order valence-corrected chi connectivity index (χ0v) is 10.3. The first-order valence-corrected chi connectivity index (χ1v) is 6.39. The molecular formula is C11H16N2O2S. The van der Waals surface area contributed by atoms with Gasteiger partial charge in [0.15, 0.2) is 0 Å². The topological polar surface area (TPSA) is 51.2 Å². The van der Waals surface area contributed by atoms with Crippen LogP contribution in [-0.4, -0.2) is 29.6 Å². The molecule has 2 heterocycles. The van der Waals surface area contributed by atoms with Gasteiger partial charge in [-0.25, -0.2) is 4.98 Å². The van der Waals surface area contributed by atoms with E-state index in [1.54, 1.807) is 5.51 Å². The third kappa shape index (κ3) is 2.41. The van der Waals surface area contributed by atoms with E-state index in [-0.39, 0.29) is 18.1 Å². The highest BCUT2D eigenvalue weighted by Gasteiger charge is 2.24. The third-order valence-electron chi connectivity index (χ3n) is 2.83. The normalized spacial score (nSPS) is 22.0. The molecule has 1 fully saturated rings. The molecule has 0 bridgehead atoms. The Labute approximate surface area is 99.0 Å². The summed E-state index contributed by atoms with van der Waals surface area (Å²) in [6, 6.07) is 0.0662. The maximum atomic E-state index is 11.9. The molecule has 4 nitrogen and oxygen atoms in total. The highest BCUT2D eigenvalue weighted by Crippen LogP contribution is 2.17. The first-order chi connectivity index (χ1) is 7.68. The van der Waals surface area contributed by atoms with Gasteiger partial charge in [0, 0.05) is 6.61 Å². The second-order valence-electron chi connectivity index (χ2n) is 4.08. The predicted molar refractivity (Wildman–Crippen MR) is 62.8 cm³/mol. The monoisotopic (exact) mass is 240 g/mol. The number of amides is 1. The van der Waals surface area contributed by atoms with E-state index in [1.807, 2.05) is 13.8 Å². The minimum absolute atomic E-state index is 0.0389. The Morgan fingerprint density at radius 1 is 1.75 bits per heavy atom. The van der Waals surface area contributed by atoms with Crippen molar-refractivity contribution in [3.63, 3.8) is 0 Å². The van der Waals surface area contributed by atoms with Gasteiger partial charge in [-0.2, -0.15) is 0 Å². The van der Waals surface area contributed by atoms with Crippen LogP contribution in [0.2, 0.25) is 0 Å². The number of rotatable bonds is 3. The van der Waals surface area contributed by atoms with Gasteiger partial charge >= 0.3 is 0 Å². The van der Waals surface area contributed by atoms with Crippen molar-refractivity contribution in [1.29, 1.82) is 0 Å². The van der Waals surface area contributed by atoms with Crippen LogP contribution >= 0.6 is 11.3 Å². The van der Waals surface area contributed by atoms with Crippen LogP contribution < -0.4 is 5.32 Å². The highest BCUT2D eigenvalue weighted by molar-refractivity contribution is 7.11. The van der Waals surface area contributed by atoms with Crippen molar-refractivity contribution < 1.29 is 9.53 Å². The lowest BCUT2D eigenvalue weighted by Gasteiger charge is -2.19.